The van der Waals surface area contributed by atoms with Gasteiger partial charge >= 0.3 is 5.97 Å². The summed E-state index contributed by atoms with van der Waals surface area (Å²) >= 11 is 0. The molecule has 3 heterocycles. The second kappa shape index (κ2) is 5.09. The van der Waals surface area contributed by atoms with E-state index in [1.54, 1.807) is 13.3 Å². The van der Waals surface area contributed by atoms with Crippen LogP contribution in [-0.4, -0.2) is 49.5 Å². The van der Waals surface area contributed by atoms with Crippen molar-refractivity contribution < 1.29 is 19.4 Å². The molecule has 0 spiro atoms. The van der Waals surface area contributed by atoms with Gasteiger partial charge in [-0.05, 0) is 12.1 Å². The highest BCUT2D eigenvalue weighted by Crippen LogP contribution is 2.44. The lowest BCUT2D eigenvalue weighted by Gasteiger charge is -2.23. The van der Waals surface area contributed by atoms with Crippen LogP contribution in [0.2, 0.25) is 0 Å². The fourth-order valence-electron chi connectivity index (χ4n) is 3.79. The Morgan fingerprint density at radius 1 is 1.43 bits per heavy atom. The lowest BCUT2D eigenvalue weighted by molar-refractivity contribution is -0.149. The molecule has 2 fully saturated rings. The van der Waals surface area contributed by atoms with Gasteiger partial charge in [0.15, 0.2) is 0 Å². The van der Waals surface area contributed by atoms with Crippen molar-refractivity contribution in [2.24, 2.45) is 11.3 Å². The predicted molar refractivity (Wildman–Crippen MR) is 84.9 cm³/mol. The number of carbonyl (C=O) groups is 1. The van der Waals surface area contributed by atoms with Crippen molar-refractivity contribution in [3.63, 3.8) is 0 Å². The normalized spacial score (nSPS) is 26.5. The molecule has 0 amide bonds. The number of ether oxygens (including phenoxy) is 2. The summed E-state index contributed by atoms with van der Waals surface area (Å²) in [5.74, 6) is 0.834. The van der Waals surface area contributed by atoms with Crippen LogP contribution in [0.4, 0.5) is 5.82 Å². The highest BCUT2D eigenvalue weighted by molar-refractivity contribution is 5.96. The highest BCUT2D eigenvalue weighted by Gasteiger charge is 2.56. The molecule has 2 saturated heterocycles. The van der Waals surface area contributed by atoms with Crippen LogP contribution in [0, 0.1) is 11.3 Å². The molecular weight excluding hydrogens is 296 g/mol. The molecule has 0 radical (unpaired) electrons. The van der Waals surface area contributed by atoms with Crippen LogP contribution in [-0.2, 0) is 9.53 Å². The number of aliphatic carboxylic acids is 1. The Morgan fingerprint density at radius 2 is 2.30 bits per heavy atom. The molecule has 0 bridgehead atoms. The number of fused-ring (bicyclic) bond motifs is 2. The van der Waals surface area contributed by atoms with Gasteiger partial charge < -0.3 is 19.5 Å². The molecular formula is C17H18N2O4. The molecule has 23 heavy (non-hydrogen) atoms. The third-order valence-electron chi connectivity index (χ3n) is 5.06. The van der Waals surface area contributed by atoms with Crippen molar-refractivity contribution in [3.05, 3.63) is 30.5 Å². The quantitative estimate of drug-likeness (QED) is 0.931. The maximum absolute atomic E-state index is 11.8. The fourth-order valence-corrected chi connectivity index (χ4v) is 3.79. The third-order valence-corrected chi connectivity index (χ3v) is 5.06. The van der Waals surface area contributed by atoms with E-state index in [0.29, 0.717) is 19.7 Å². The lowest BCUT2D eigenvalue weighted by atomic mass is 9.81. The first kappa shape index (κ1) is 14.3. The topological polar surface area (TPSA) is 71.9 Å². The van der Waals surface area contributed by atoms with Gasteiger partial charge in [0.2, 0.25) is 0 Å². The predicted octanol–water partition coefficient (Wildman–Crippen LogP) is 1.78. The average Bonchev–Trinajstić information content (AvgIpc) is 3.11. The lowest BCUT2D eigenvalue weighted by Crippen LogP contribution is -2.39. The van der Waals surface area contributed by atoms with Gasteiger partial charge in [0.1, 0.15) is 17.0 Å². The number of pyridine rings is 1. The zero-order valence-electron chi connectivity index (χ0n) is 12.9. The minimum Gasteiger partial charge on any atom is -0.496 e. The van der Waals surface area contributed by atoms with E-state index >= 15 is 0 Å². The van der Waals surface area contributed by atoms with Gasteiger partial charge in [0, 0.05) is 36.0 Å². The van der Waals surface area contributed by atoms with Crippen LogP contribution in [0.1, 0.15) is 0 Å². The number of carboxylic acid groups (broad SMARTS) is 1. The van der Waals surface area contributed by atoms with Gasteiger partial charge in [-0.3, -0.25) is 4.79 Å². The number of hydrogen-bond donors (Lipinski definition) is 1. The van der Waals surface area contributed by atoms with Gasteiger partial charge in [-0.15, -0.1) is 0 Å². The van der Waals surface area contributed by atoms with E-state index < -0.39 is 11.4 Å². The summed E-state index contributed by atoms with van der Waals surface area (Å²) in [6.45, 7) is 1.85. The molecule has 6 nitrogen and oxygen atoms in total. The summed E-state index contributed by atoms with van der Waals surface area (Å²) in [5.41, 5.74) is -0.817. The van der Waals surface area contributed by atoms with E-state index in [1.807, 2.05) is 24.3 Å². The summed E-state index contributed by atoms with van der Waals surface area (Å²) in [7, 11) is 1.64. The number of methoxy groups -OCH3 is 1. The number of benzene rings is 1. The Kier molecular flexibility index (Phi) is 3.16. The monoisotopic (exact) mass is 314 g/mol. The van der Waals surface area contributed by atoms with Gasteiger partial charge in [0.05, 0.1) is 20.3 Å². The largest absolute Gasteiger partial charge is 0.496 e. The van der Waals surface area contributed by atoms with E-state index in [1.165, 1.54) is 0 Å². The fraction of sp³-hybridized carbons (Fsp3) is 0.412. The van der Waals surface area contributed by atoms with E-state index in [4.69, 9.17) is 9.47 Å². The van der Waals surface area contributed by atoms with Crippen LogP contribution < -0.4 is 9.64 Å². The molecule has 2 aliphatic heterocycles. The molecule has 2 aliphatic rings. The maximum Gasteiger partial charge on any atom is 0.314 e. The molecule has 0 saturated carbocycles. The van der Waals surface area contributed by atoms with Crippen LogP contribution in [0.3, 0.4) is 0 Å². The highest BCUT2D eigenvalue weighted by atomic mass is 16.5. The van der Waals surface area contributed by atoms with Crippen molar-refractivity contribution in [1.82, 2.24) is 4.98 Å². The summed E-state index contributed by atoms with van der Waals surface area (Å²) in [5, 5.41) is 11.7. The molecule has 2 atom stereocenters. The van der Waals surface area contributed by atoms with Crippen LogP contribution >= 0.6 is 0 Å². The first-order chi connectivity index (χ1) is 11.2. The number of carboxylic acids is 1. The summed E-state index contributed by atoms with van der Waals surface area (Å²) in [6.07, 6.45) is 1.75. The number of aromatic nitrogens is 1. The minimum atomic E-state index is -0.817. The van der Waals surface area contributed by atoms with Crippen LogP contribution in [0.15, 0.2) is 30.5 Å². The van der Waals surface area contributed by atoms with E-state index in [2.05, 4.69) is 9.88 Å². The number of rotatable bonds is 3. The van der Waals surface area contributed by atoms with E-state index in [0.717, 1.165) is 22.3 Å². The number of anilines is 1. The molecule has 2 aromatic rings. The van der Waals surface area contributed by atoms with E-state index in [-0.39, 0.29) is 12.5 Å². The number of nitrogens with zero attached hydrogens (tertiary/aromatic N) is 2. The summed E-state index contributed by atoms with van der Waals surface area (Å²) in [6, 6.07) is 7.76. The summed E-state index contributed by atoms with van der Waals surface area (Å²) in [4.78, 5) is 18.4. The molecule has 120 valence electrons. The van der Waals surface area contributed by atoms with Crippen molar-refractivity contribution in [1.29, 1.82) is 0 Å². The molecule has 1 aromatic carbocycles. The molecule has 4 rings (SSSR count). The van der Waals surface area contributed by atoms with Crippen LogP contribution in [0.25, 0.3) is 10.8 Å². The first-order valence-electron chi connectivity index (χ1n) is 7.63. The minimum absolute atomic E-state index is 0.00247. The molecule has 1 N–H and O–H groups in total. The zero-order valence-corrected chi connectivity index (χ0v) is 12.9. The molecule has 1 aromatic heterocycles. The van der Waals surface area contributed by atoms with Crippen molar-refractivity contribution in [2.75, 3.05) is 38.3 Å². The Balaban J connectivity index is 1.78. The van der Waals surface area contributed by atoms with Crippen LogP contribution in [0.5, 0.6) is 5.75 Å². The zero-order chi connectivity index (χ0) is 16.0. The Labute approximate surface area is 133 Å². The summed E-state index contributed by atoms with van der Waals surface area (Å²) < 4.78 is 10.9. The van der Waals surface area contributed by atoms with E-state index in [9.17, 15) is 9.90 Å². The second-order valence-electron chi connectivity index (χ2n) is 6.24. The maximum atomic E-state index is 11.8. The Hall–Kier alpha value is -2.34. The second-order valence-corrected chi connectivity index (χ2v) is 6.24. The van der Waals surface area contributed by atoms with Gasteiger partial charge in [-0.1, -0.05) is 12.1 Å². The third kappa shape index (κ3) is 1.98. The van der Waals surface area contributed by atoms with Gasteiger partial charge in [-0.2, -0.15) is 0 Å². The van der Waals surface area contributed by atoms with Gasteiger partial charge in [0.25, 0.3) is 0 Å². The standard InChI is InChI=1S/C17H18N2O4/c1-22-14-4-2-3-13-12(14)5-6-18-15(13)19-7-11-8-23-10-17(11,9-19)16(20)21/h2-6,11H,7-10H2,1H3,(H,20,21)/t11-,17-/m1/s1. The Bertz CT molecular complexity index is 778. The molecule has 0 unspecified atom stereocenters. The smallest absolute Gasteiger partial charge is 0.314 e. The SMILES string of the molecule is COc1cccc2c(N3C[C@@H]4COC[C@]4(C(=O)O)C3)nccc12. The van der Waals surface area contributed by atoms with Gasteiger partial charge in [-0.25, -0.2) is 4.98 Å². The van der Waals surface area contributed by atoms with Crippen molar-refractivity contribution in [3.8, 4) is 5.75 Å². The number of hydrogen-bond acceptors (Lipinski definition) is 5. The average molecular weight is 314 g/mol. The first-order valence-corrected chi connectivity index (χ1v) is 7.63. The van der Waals surface area contributed by atoms with Crippen molar-refractivity contribution in [2.45, 2.75) is 0 Å². The Morgan fingerprint density at radius 3 is 3.04 bits per heavy atom. The molecule has 0 aliphatic carbocycles. The molecule has 6 heteroatoms. The van der Waals surface area contributed by atoms with Crippen molar-refractivity contribution >= 4 is 22.6 Å².